The fourth-order valence-electron chi connectivity index (χ4n) is 4.02. The lowest BCUT2D eigenvalue weighted by Crippen LogP contribution is -2.15. The van der Waals surface area contributed by atoms with Gasteiger partial charge in [-0.1, -0.05) is 35.3 Å². The second kappa shape index (κ2) is 14.6. The number of benzene rings is 1. The van der Waals surface area contributed by atoms with E-state index in [9.17, 15) is 13.6 Å². The Bertz CT molecular complexity index is 1470. The zero-order valence-corrected chi connectivity index (χ0v) is 24.4. The number of hydrogen-bond donors (Lipinski definition) is 1. The highest BCUT2D eigenvalue weighted by atomic mass is 35.5. The molecular weight excluding hydrogens is 611 g/mol. The van der Waals surface area contributed by atoms with Crippen molar-refractivity contribution in [2.45, 2.75) is 38.5 Å². The lowest BCUT2D eigenvalue weighted by atomic mass is 10.0. The Morgan fingerprint density at radius 3 is 2.57 bits per heavy atom. The zero-order valence-electron chi connectivity index (χ0n) is 22.1. The van der Waals surface area contributed by atoms with E-state index in [4.69, 9.17) is 32.7 Å². The van der Waals surface area contributed by atoms with Gasteiger partial charge in [-0.15, -0.1) is 11.3 Å². The number of esters is 1. The number of carbonyl (C=O) groups excluding carboxylic acids is 1. The smallest absolute Gasteiger partial charge is 0.387 e. The first-order chi connectivity index (χ1) is 19.9. The van der Waals surface area contributed by atoms with Gasteiger partial charge in [-0.05, 0) is 60.7 Å². The molecule has 0 saturated heterocycles. The molecule has 0 bridgehead atoms. The van der Waals surface area contributed by atoms with Crippen LogP contribution in [0.2, 0.25) is 10.0 Å². The minimum absolute atomic E-state index is 0. The van der Waals surface area contributed by atoms with Crippen LogP contribution in [0.3, 0.4) is 0 Å². The van der Waals surface area contributed by atoms with Gasteiger partial charge in [0.2, 0.25) is 0 Å². The fourth-order valence-corrected chi connectivity index (χ4v) is 5.39. The van der Waals surface area contributed by atoms with Crippen molar-refractivity contribution in [3.05, 3.63) is 98.0 Å². The number of aromatic nitrogens is 2. The molecule has 0 amide bonds. The summed E-state index contributed by atoms with van der Waals surface area (Å²) in [4.78, 5) is 21.7. The van der Waals surface area contributed by atoms with Crippen LogP contribution in [0.15, 0.2) is 67.1 Å². The Labute approximate surface area is 254 Å². The average molecular weight is 639 g/mol. The number of pyridine rings is 2. The number of aromatic amines is 1. The number of ether oxygens (including phenoxy) is 3. The maximum Gasteiger partial charge on any atom is 0.387 e. The molecule has 3 aromatic heterocycles. The first-order valence-electron chi connectivity index (χ1n) is 12.9. The summed E-state index contributed by atoms with van der Waals surface area (Å²) in [5, 5.41) is 3.93. The minimum atomic E-state index is -3.02. The fraction of sp³-hybridized carbons (Fsp3) is 0.276. The molecule has 5 rings (SSSR count). The Morgan fingerprint density at radius 1 is 1.10 bits per heavy atom. The van der Waals surface area contributed by atoms with Crippen LogP contribution in [0, 0.1) is 5.92 Å². The third kappa shape index (κ3) is 8.51. The van der Waals surface area contributed by atoms with E-state index in [0.29, 0.717) is 45.1 Å². The number of rotatable bonds is 13. The summed E-state index contributed by atoms with van der Waals surface area (Å²) < 4.78 is 42.7. The quantitative estimate of drug-likeness (QED) is 0.154. The van der Waals surface area contributed by atoms with Gasteiger partial charge in [-0.25, -0.2) is 14.8 Å². The molecule has 0 unspecified atom stereocenters. The maximum absolute atomic E-state index is 13.3. The van der Waals surface area contributed by atoms with E-state index < -0.39 is 18.7 Å². The summed E-state index contributed by atoms with van der Waals surface area (Å²) in [6.07, 6.45) is 6.16. The largest absolute Gasteiger partial charge is 0.870 e. The molecular formula is C29H27Cl2F2N3O5S. The molecule has 1 aliphatic rings. The summed E-state index contributed by atoms with van der Waals surface area (Å²) in [5.41, 5.74) is 1.07. The third-order valence-corrected chi connectivity index (χ3v) is 8.07. The Hall–Kier alpha value is -3.51. The van der Waals surface area contributed by atoms with Crippen molar-refractivity contribution in [2.75, 3.05) is 11.9 Å². The summed E-state index contributed by atoms with van der Waals surface area (Å²) in [5.74, 6) is 0.603. The van der Waals surface area contributed by atoms with E-state index in [-0.39, 0.29) is 23.4 Å². The van der Waals surface area contributed by atoms with Gasteiger partial charge < -0.3 is 25.0 Å². The van der Waals surface area contributed by atoms with Crippen molar-refractivity contribution in [3.8, 4) is 11.5 Å². The third-order valence-electron chi connectivity index (χ3n) is 6.33. The topological polar surface area (TPSA) is 114 Å². The maximum atomic E-state index is 13.3. The molecule has 0 aliphatic heterocycles. The summed E-state index contributed by atoms with van der Waals surface area (Å²) in [7, 11) is 0. The summed E-state index contributed by atoms with van der Waals surface area (Å²) in [6, 6.07) is 13.6. The van der Waals surface area contributed by atoms with Crippen molar-refractivity contribution in [3.63, 3.8) is 0 Å². The van der Waals surface area contributed by atoms with E-state index in [1.54, 1.807) is 36.8 Å². The van der Waals surface area contributed by atoms with Crippen LogP contribution in [0.1, 0.15) is 44.6 Å². The van der Waals surface area contributed by atoms with Crippen LogP contribution in [0.4, 0.5) is 14.6 Å². The highest BCUT2D eigenvalue weighted by Crippen LogP contribution is 2.38. The van der Waals surface area contributed by atoms with Gasteiger partial charge in [0.1, 0.15) is 26.8 Å². The second-order valence-electron chi connectivity index (χ2n) is 9.40. The number of hydrogen-bond acceptors (Lipinski definition) is 8. The van der Waals surface area contributed by atoms with Gasteiger partial charge >= 0.3 is 12.6 Å². The Morgan fingerprint density at radius 2 is 1.88 bits per heavy atom. The van der Waals surface area contributed by atoms with Crippen LogP contribution in [-0.4, -0.2) is 29.6 Å². The van der Waals surface area contributed by atoms with Crippen molar-refractivity contribution >= 4 is 46.3 Å². The first-order valence-corrected chi connectivity index (χ1v) is 14.4. The van der Waals surface area contributed by atoms with E-state index in [0.717, 1.165) is 23.5 Å². The van der Waals surface area contributed by atoms with Gasteiger partial charge in [-0.3, -0.25) is 0 Å². The number of halogens is 4. The predicted octanol–water partition coefficient (Wildman–Crippen LogP) is 7.23. The van der Waals surface area contributed by atoms with Crippen LogP contribution in [-0.2, 0) is 17.7 Å². The monoisotopic (exact) mass is 637 g/mol. The number of alkyl halides is 2. The van der Waals surface area contributed by atoms with Gasteiger partial charge in [-0.2, -0.15) is 8.78 Å². The molecule has 1 aromatic carbocycles. The number of nitrogens with zero attached hydrogens (tertiary/aromatic N) is 1. The van der Waals surface area contributed by atoms with Crippen LogP contribution in [0.25, 0.3) is 0 Å². The molecule has 222 valence electrons. The predicted molar refractivity (Wildman–Crippen MR) is 154 cm³/mol. The van der Waals surface area contributed by atoms with Crippen LogP contribution in [0.5, 0.6) is 11.5 Å². The molecule has 1 saturated carbocycles. The van der Waals surface area contributed by atoms with E-state index in [1.165, 1.54) is 17.4 Å². The molecule has 13 heteroatoms. The zero-order chi connectivity index (χ0) is 28.8. The van der Waals surface area contributed by atoms with Crippen molar-refractivity contribution < 1.29 is 38.2 Å². The Balaban J connectivity index is 0.00000405. The second-order valence-corrected chi connectivity index (χ2v) is 11.4. The van der Waals surface area contributed by atoms with E-state index in [2.05, 4.69) is 20.0 Å². The number of carbonyl (C=O) groups is 1. The Kier molecular flexibility index (Phi) is 10.9. The minimum Gasteiger partial charge on any atom is -0.870 e. The normalized spacial score (nSPS) is 13.3. The number of thiophene rings is 1. The molecule has 0 radical (unpaired) electrons. The highest BCUT2D eigenvalue weighted by Gasteiger charge is 2.27. The summed E-state index contributed by atoms with van der Waals surface area (Å²) >= 11 is 14.1. The highest BCUT2D eigenvalue weighted by molar-refractivity contribution is 7.13. The average Bonchev–Trinajstić information content (AvgIpc) is 3.67. The molecule has 42 heavy (non-hydrogen) atoms. The number of H-pyrrole nitrogens is 1. The standard InChI is InChI=1S/C29H25Cl2F2N3O4S.H2O/c30-21-14-34-15-22(31)20(21)12-24(18-6-8-23(40-29(32)33)25(11-18)38-16-17-4-5-17)39-28(37)26-9-7-19(41-26)13-36-27-3-1-2-10-35-27;/h1-3,6-11,14-15,17,24,29H,4-5,12-13,16H2,(H,35,36);1H2/t24-;/m0./s1. The lowest BCUT2D eigenvalue weighted by molar-refractivity contribution is -0.377. The van der Waals surface area contributed by atoms with E-state index >= 15 is 0 Å². The van der Waals surface area contributed by atoms with Crippen LogP contribution >= 0.6 is 34.5 Å². The number of anilines is 1. The van der Waals surface area contributed by atoms with Crippen molar-refractivity contribution in [1.82, 2.24) is 4.98 Å². The molecule has 8 nitrogen and oxygen atoms in total. The van der Waals surface area contributed by atoms with Crippen LogP contribution < -0.4 is 19.8 Å². The van der Waals surface area contributed by atoms with Gasteiger partial charge in [0, 0.05) is 23.1 Å². The lowest BCUT2D eigenvalue weighted by Gasteiger charge is -2.21. The number of nitrogens with one attached hydrogen (secondary N) is 2. The molecule has 3 heterocycles. The molecule has 4 aromatic rings. The van der Waals surface area contributed by atoms with Crippen molar-refractivity contribution in [1.29, 1.82) is 0 Å². The molecule has 3 N–H and O–H groups in total. The van der Waals surface area contributed by atoms with E-state index in [1.807, 2.05) is 24.3 Å². The van der Waals surface area contributed by atoms with Gasteiger partial charge in [0.05, 0.1) is 13.2 Å². The SMILES string of the molecule is O=C(O[C@@H](Cc1c(Cl)c[nH+]cc1Cl)c1ccc(OC(F)F)c(OCC2CC2)c1)c1ccc(CNc2ccccn2)s1.[OH-]. The first kappa shape index (κ1) is 31.4. The molecule has 1 aliphatic carbocycles. The summed E-state index contributed by atoms with van der Waals surface area (Å²) in [6.45, 7) is -2.15. The van der Waals surface area contributed by atoms with Gasteiger partial charge in [0.15, 0.2) is 23.9 Å². The van der Waals surface area contributed by atoms with Gasteiger partial charge in [0.25, 0.3) is 0 Å². The molecule has 0 spiro atoms. The molecule has 1 fully saturated rings. The molecule has 1 atom stereocenters. The van der Waals surface area contributed by atoms with Crippen molar-refractivity contribution in [2.24, 2.45) is 5.92 Å².